The Morgan fingerprint density at radius 1 is 1.41 bits per heavy atom. The first-order valence-electron chi connectivity index (χ1n) is 4.96. The van der Waals surface area contributed by atoms with Crippen molar-refractivity contribution in [3.05, 3.63) is 58.2 Å². The Kier molecular flexibility index (Phi) is 3.04. The third kappa shape index (κ3) is 2.81. The van der Waals surface area contributed by atoms with Crippen molar-refractivity contribution in [2.75, 3.05) is 5.32 Å². The number of halogens is 1. The lowest BCUT2D eigenvalue weighted by Crippen LogP contribution is -2.01. The van der Waals surface area contributed by atoms with Gasteiger partial charge in [-0.25, -0.2) is 4.39 Å². The minimum atomic E-state index is -0.631. The van der Waals surface area contributed by atoms with Crippen LogP contribution in [0.5, 0.6) is 0 Å². The molecule has 0 atom stereocenters. The summed E-state index contributed by atoms with van der Waals surface area (Å²) >= 11 is 0. The zero-order chi connectivity index (χ0) is 12.3. The van der Waals surface area contributed by atoms with Gasteiger partial charge in [-0.05, 0) is 18.2 Å². The Morgan fingerprint density at radius 3 is 2.88 bits per heavy atom. The van der Waals surface area contributed by atoms with Crippen LogP contribution in [-0.2, 0) is 6.54 Å². The first-order valence-corrected chi connectivity index (χ1v) is 4.96. The Bertz CT molecular complexity index is 526. The highest BCUT2D eigenvalue weighted by molar-refractivity contribution is 5.51. The molecule has 1 aromatic heterocycles. The molecule has 5 nitrogen and oxygen atoms in total. The van der Waals surface area contributed by atoms with Crippen molar-refractivity contribution in [1.82, 2.24) is 4.98 Å². The van der Waals surface area contributed by atoms with Gasteiger partial charge in [-0.15, -0.1) is 0 Å². The van der Waals surface area contributed by atoms with Crippen LogP contribution >= 0.6 is 0 Å². The van der Waals surface area contributed by atoms with Gasteiger partial charge in [-0.2, -0.15) is 0 Å². The summed E-state index contributed by atoms with van der Waals surface area (Å²) in [6.45, 7) is 0.452. The number of aromatic nitrogens is 1. The van der Waals surface area contributed by atoms with Gasteiger partial charge >= 0.3 is 0 Å². The number of hydrogen-bond donors (Lipinski definition) is 2. The summed E-state index contributed by atoms with van der Waals surface area (Å²) in [6.07, 6.45) is 1.77. The van der Waals surface area contributed by atoms with Gasteiger partial charge in [-0.1, -0.05) is 0 Å². The average molecular weight is 235 g/mol. The number of nitro benzene ring substituents is 1. The molecule has 17 heavy (non-hydrogen) atoms. The van der Waals surface area contributed by atoms with Crippen molar-refractivity contribution in [3.63, 3.8) is 0 Å². The van der Waals surface area contributed by atoms with E-state index in [1.165, 1.54) is 12.1 Å². The van der Waals surface area contributed by atoms with E-state index in [1.54, 1.807) is 6.20 Å². The second-order valence-corrected chi connectivity index (χ2v) is 3.50. The Morgan fingerprint density at radius 2 is 2.24 bits per heavy atom. The van der Waals surface area contributed by atoms with Crippen molar-refractivity contribution >= 4 is 11.4 Å². The van der Waals surface area contributed by atoms with Crippen molar-refractivity contribution in [2.45, 2.75) is 6.54 Å². The highest BCUT2D eigenvalue weighted by Crippen LogP contribution is 2.20. The highest BCUT2D eigenvalue weighted by atomic mass is 19.1. The number of nitrogens with one attached hydrogen (secondary N) is 2. The first-order chi connectivity index (χ1) is 8.15. The number of H-pyrrole nitrogens is 1. The first kappa shape index (κ1) is 11.1. The number of nitrogens with zero attached hydrogens (tertiary/aromatic N) is 1. The largest absolute Gasteiger partial charge is 0.379 e. The SMILES string of the molecule is O=[N+]([O-])c1cc(F)cc(NCc2ccc[nH]2)c1. The molecule has 1 heterocycles. The second kappa shape index (κ2) is 4.65. The maximum Gasteiger partial charge on any atom is 0.274 e. The maximum absolute atomic E-state index is 13.1. The van der Waals surface area contributed by atoms with Crippen LogP contribution in [0.3, 0.4) is 0 Å². The molecule has 0 aliphatic heterocycles. The van der Waals surface area contributed by atoms with Gasteiger partial charge < -0.3 is 10.3 Å². The Hall–Kier alpha value is -2.37. The quantitative estimate of drug-likeness (QED) is 0.632. The third-order valence-electron chi connectivity index (χ3n) is 2.24. The fourth-order valence-corrected chi connectivity index (χ4v) is 1.46. The van der Waals surface area contributed by atoms with E-state index in [0.29, 0.717) is 12.2 Å². The lowest BCUT2D eigenvalue weighted by Gasteiger charge is -2.05. The molecular formula is C11H10FN3O2. The topological polar surface area (TPSA) is 71.0 Å². The average Bonchev–Trinajstić information content (AvgIpc) is 2.78. The standard InChI is InChI=1S/C11H10FN3O2/c12-8-4-10(6-11(5-8)15(16)17)14-7-9-2-1-3-13-9/h1-6,13-14H,7H2. The van der Waals surface area contributed by atoms with E-state index in [0.717, 1.165) is 11.8 Å². The number of anilines is 1. The van der Waals surface area contributed by atoms with Crippen LogP contribution in [0.15, 0.2) is 36.5 Å². The molecule has 0 spiro atoms. The van der Waals surface area contributed by atoms with Gasteiger partial charge in [0.25, 0.3) is 5.69 Å². The fourth-order valence-electron chi connectivity index (χ4n) is 1.46. The van der Waals surface area contributed by atoms with E-state index in [-0.39, 0.29) is 5.69 Å². The van der Waals surface area contributed by atoms with Crippen LogP contribution in [0.25, 0.3) is 0 Å². The van der Waals surface area contributed by atoms with Gasteiger partial charge in [0.2, 0.25) is 0 Å². The number of rotatable bonds is 4. The van der Waals surface area contributed by atoms with Crippen molar-refractivity contribution < 1.29 is 9.31 Å². The normalized spacial score (nSPS) is 10.2. The van der Waals surface area contributed by atoms with Crippen molar-refractivity contribution in [2.24, 2.45) is 0 Å². The maximum atomic E-state index is 13.1. The zero-order valence-electron chi connectivity index (χ0n) is 8.81. The number of non-ortho nitro benzene ring substituents is 1. The van der Waals surface area contributed by atoms with Crippen LogP contribution in [0, 0.1) is 15.9 Å². The Labute approximate surface area is 96.4 Å². The third-order valence-corrected chi connectivity index (χ3v) is 2.24. The molecule has 0 fully saturated rings. The van der Waals surface area contributed by atoms with Crippen molar-refractivity contribution in [1.29, 1.82) is 0 Å². The molecule has 0 amide bonds. The van der Waals surface area contributed by atoms with Gasteiger partial charge in [0.05, 0.1) is 17.5 Å². The zero-order valence-corrected chi connectivity index (χ0v) is 8.81. The van der Waals surface area contributed by atoms with Crippen LogP contribution in [0.1, 0.15) is 5.69 Å². The molecule has 0 saturated carbocycles. The molecular weight excluding hydrogens is 225 g/mol. The summed E-state index contributed by atoms with van der Waals surface area (Å²) in [5.41, 5.74) is 1.03. The van der Waals surface area contributed by atoms with Crippen molar-refractivity contribution in [3.8, 4) is 0 Å². The van der Waals surface area contributed by atoms with Crippen LogP contribution in [-0.4, -0.2) is 9.91 Å². The van der Waals surface area contributed by atoms with Gasteiger partial charge in [0.1, 0.15) is 5.82 Å². The molecule has 6 heteroatoms. The van der Waals surface area contributed by atoms with Crippen LogP contribution in [0.2, 0.25) is 0 Å². The fraction of sp³-hybridized carbons (Fsp3) is 0.0909. The monoisotopic (exact) mass is 235 g/mol. The van der Waals surface area contributed by atoms with E-state index in [4.69, 9.17) is 0 Å². The summed E-state index contributed by atoms with van der Waals surface area (Å²) in [7, 11) is 0. The Balaban J connectivity index is 2.13. The van der Waals surface area contributed by atoms with E-state index in [1.807, 2.05) is 12.1 Å². The summed E-state index contributed by atoms with van der Waals surface area (Å²) in [5, 5.41) is 13.5. The van der Waals surface area contributed by atoms with Crippen LogP contribution in [0.4, 0.5) is 15.8 Å². The summed E-state index contributed by atoms with van der Waals surface area (Å²) in [4.78, 5) is 12.9. The molecule has 2 N–H and O–H groups in total. The molecule has 1 aromatic carbocycles. The summed E-state index contributed by atoms with van der Waals surface area (Å²) in [6, 6.07) is 7.10. The predicted molar refractivity (Wildman–Crippen MR) is 61.2 cm³/mol. The number of benzene rings is 1. The summed E-state index contributed by atoms with van der Waals surface area (Å²) < 4.78 is 13.1. The van der Waals surface area contributed by atoms with Gasteiger partial charge in [0.15, 0.2) is 0 Å². The smallest absolute Gasteiger partial charge is 0.274 e. The molecule has 88 valence electrons. The molecule has 0 saturated heterocycles. The molecule has 2 aromatic rings. The van der Waals surface area contributed by atoms with E-state index in [9.17, 15) is 14.5 Å². The van der Waals surface area contributed by atoms with E-state index in [2.05, 4.69) is 10.3 Å². The summed E-state index contributed by atoms with van der Waals surface area (Å²) in [5.74, 6) is -0.631. The highest BCUT2D eigenvalue weighted by Gasteiger charge is 2.09. The van der Waals surface area contributed by atoms with Gasteiger partial charge in [0, 0.05) is 23.6 Å². The number of nitro groups is 1. The van der Waals surface area contributed by atoms with Gasteiger partial charge in [-0.3, -0.25) is 10.1 Å². The molecule has 0 aliphatic carbocycles. The molecule has 0 radical (unpaired) electrons. The minimum absolute atomic E-state index is 0.265. The van der Waals surface area contributed by atoms with E-state index >= 15 is 0 Å². The van der Waals surface area contributed by atoms with Crippen LogP contribution < -0.4 is 5.32 Å². The second-order valence-electron chi connectivity index (χ2n) is 3.50. The molecule has 2 rings (SSSR count). The lowest BCUT2D eigenvalue weighted by atomic mass is 10.2. The molecule has 0 aliphatic rings. The predicted octanol–water partition coefficient (Wildman–Crippen LogP) is 2.67. The number of aromatic amines is 1. The molecule has 0 unspecified atom stereocenters. The minimum Gasteiger partial charge on any atom is -0.379 e. The molecule has 0 bridgehead atoms. The number of hydrogen-bond acceptors (Lipinski definition) is 3. The lowest BCUT2D eigenvalue weighted by molar-refractivity contribution is -0.385. The van der Waals surface area contributed by atoms with E-state index < -0.39 is 10.7 Å².